The average Bonchev–Trinajstić information content (AvgIpc) is 3.06. The summed E-state index contributed by atoms with van der Waals surface area (Å²) in [6, 6.07) is 12.9. The minimum atomic E-state index is -4.58. The van der Waals surface area contributed by atoms with Gasteiger partial charge in [0.1, 0.15) is 0 Å². The molecule has 0 unspecified atom stereocenters. The Labute approximate surface area is 161 Å². The maximum Gasteiger partial charge on any atom is 0.417 e. The van der Waals surface area contributed by atoms with E-state index >= 15 is 0 Å². The first-order chi connectivity index (χ1) is 12.8. The van der Waals surface area contributed by atoms with Crippen LogP contribution in [-0.2, 0) is 12.7 Å². The Hall–Kier alpha value is -2.23. The van der Waals surface area contributed by atoms with Gasteiger partial charge in [-0.05, 0) is 49.8 Å². The first-order valence-corrected chi connectivity index (χ1v) is 8.97. The Balaban J connectivity index is 2.03. The van der Waals surface area contributed by atoms with Crippen molar-refractivity contribution in [2.24, 2.45) is 0 Å². The van der Waals surface area contributed by atoms with Crippen LogP contribution in [-0.4, -0.2) is 31.1 Å². The van der Waals surface area contributed by atoms with Gasteiger partial charge in [0.2, 0.25) is 0 Å². The molecule has 2 aromatic carbocycles. The Kier molecular flexibility index (Phi) is 5.64. The summed E-state index contributed by atoms with van der Waals surface area (Å²) in [6.07, 6.45) is -3.73. The molecule has 2 aromatic rings. The molecule has 27 heavy (non-hydrogen) atoms. The summed E-state index contributed by atoms with van der Waals surface area (Å²) in [4.78, 5) is 4.11. The fourth-order valence-corrected chi connectivity index (χ4v) is 3.65. The Bertz CT molecular complexity index is 860. The molecule has 1 saturated heterocycles. The molecular formula is C20H19ClF3N3. The largest absolute Gasteiger partial charge is 0.417 e. The monoisotopic (exact) mass is 393 g/mol. The average molecular weight is 394 g/mol. The van der Waals surface area contributed by atoms with Crippen LogP contribution in [0, 0.1) is 11.3 Å². The third-order valence-corrected chi connectivity index (χ3v) is 5.24. The standard InChI is InChI=1S/C20H19ClF3N3/c1-26-9-8-17(13-26)27(12-15-4-2-3-5-19(15)21)16-7-6-14(11-25)18(10-16)20(22,23)24/h2-7,10,17H,8-9,12-13H2,1H3/t17-/m0/s1. The zero-order valence-electron chi connectivity index (χ0n) is 14.8. The highest BCUT2D eigenvalue weighted by molar-refractivity contribution is 6.31. The summed E-state index contributed by atoms with van der Waals surface area (Å²) >= 11 is 6.28. The van der Waals surface area contributed by atoms with Gasteiger partial charge in [0.25, 0.3) is 0 Å². The molecule has 0 radical (unpaired) electrons. The number of alkyl halides is 3. The summed E-state index contributed by atoms with van der Waals surface area (Å²) in [6.45, 7) is 2.04. The second-order valence-corrected chi connectivity index (χ2v) is 7.17. The van der Waals surface area contributed by atoms with Gasteiger partial charge in [0, 0.05) is 29.8 Å². The molecule has 0 saturated carbocycles. The lowest BCUT2D eigenvalue weighted by Gasteiger charge is -2.32. The van der Waals surface area contributed by atoms with E-state index in [0.717, 1.165) is 31.1 Å². The number of halogens is 4. The van der Waals surface area contributed by atoms with Gasteiger partial charge < -0.3 is 9.80 Å². The summed E-state index contributed by atoms with van der Waals surface area (Å²) in [5, 5.41) is 9.62. The van der Waals surface area contributed by atoms with Crippen LogP contribution in [0.15, 0.2) is 42.5 Å². The molecule has 1 heterocycles. The molecule has 0 bridgehead atoms. The smallest absolute Gasteiger partial charge is 0.363 e. The maximum atomic E-state index is 13.4. The molecule has 0 amide bonds. The number of likely N-dealkylation sites (N-methyl/N-ethyl adjacent to an activating group) is 1. The van der Waals surface area contributed by atoms with E-state index in [2.05, 4.69) is 4.90 Å². The Morgan fingerprint density at radius 3 is 2.59 bits per heavy atom. The highest BCUT2D eigenvalue weighted by atomic mass is 35.5. The van der Waals surface area contributed by atoms with Gasteiger partial charge in [0.05, 0.1) is 17.2 Å². The summed E-state index contributed by atoms with van der Waals surface area (Å²) < 4.78 is 40.2. The second kappa shape index (κ2) is 7.79. The van der Waals surface area contributed by atoms with Crippen molar-refractivity contribution in [1.82, 2.24) is 4.90 Å². The van der Waals surface area contributed by atoms with Crippen molar-refractivity contribution in [3.05, 3.63) is 64.2 Å². The van der Waals surface area contributed by atoms with E-state index in [1.165, 1.54) is 6.07 Å². The zero-order valence-corrected chi connectivity index (χ0v) is 15.6. The lowest BCUT2D eigenvalue weighted by Crippen LogP contribution is -2.37. The first kappa shape index (κ1) is 19.5. The highest BCUT2D eigenvalue weighted by Gasteiger charge is 2.35. The van der Waals surface area contributed by atoms with E-state index in [1.54, 1.807) is 18.2 Å². The molecule has 3 nitrogen and oxygen atoms in total. The van der Waals surface area contributed by atoms with Crippen LogP contribution in [0.2, 0.25) is 5.02 Å². The van der Waals surface area contributed by atoms with Crippen molar-refractivity contribution >= 4 is 17.3 Å². The van der Waals surface area contributed by atoms with E-state index in [0.29, 0.717) is 17.3 Å². The molecule has 0 aromatic heterocycles. The topological polar surface area (TPSA) is 30.3 Å². The highest BCUT2D eigenvalue weighted by Crippen LogP contribution is 2.36. The molecule has 142 valence electrons. The zero-order chi connectivity index (χ0) is 19.6. The predicted molar refractivity (Wildman–Crippen MR) is 99.7 cm³/mol. The fraction of sp³-hybridized carbons (Fsp3) is 0.350. The van der Waals surface area contributed by atoms with Gasteiger partial charge in [-0.1, -0.05) is 29.8 Å². The van der Waals surface area contributed by atoms with Crippen LogP contribution in [0.3, 0.4) is 0 Å². The van der Waals surface area contributed by atoms with Crippen molar-refractivity contribution in [2.45, 2.75) is 25.2 Å². The van der Waals surface area contributed by atoms with Gasteiger partial charge in [-0.2, -0.15) is 18.4 Å². The van der Waals surface area contributed by atoms with Gasteiger partial charge in [-0.15, -0.1) is 0 Å². The number of anilines is 1. The molecule has 1 atom stereocenters. The minimum Gasteiger partial charge on any atom is -0.363 e. The van der Waals surface area contributed by atoms with Crippen molar-refractivity contribution in [1.29, 1.82) is 5.26 Å². The van der Waals surface area contributed by atoms with Crippen molar-refractivity contribution in [3.8, 4) is 6.07 Å². The predicted octanol–water partition coefficient (Wildman–Crippen LogP) is 4.94. The van der Waals surface area contributed by atoms with Crippen LogP contribution in [0.4, 0.5) is 18.9 Å². The van der Waals surface area contributed by atoms with E-state index in [-0.39, 0.29) is 11.6 Å². The molecule has 7 heteroatoms. The van der Waals surface area contributed by atoms with Crippen LogP contribution in [0.1, 0.15) is 23.1 Å². The lowest BCUT2D eigenvalue weighted by molar-refractivity contribution is -0.137. The summed E-state index contributed by atoms with van der Waals surface area (Å²) in [5.74, 6) is 0. The molecule has 1 aliphatic heterocycles. The maximum absolute atomic E-state index is 13.4. The molecular weight excluding hydrogens is 375 g/mol. The van der Waals surface area contributed by atoms with Crippen LogP contribution in [0.5, 0.6) is 0 Å². The number of nitrogens with zero attached hydrogens (tertiary/aromatic N) is 3. The first-order valence-electron chi connectivity index (χ1n) is 8.59. The number of likely N-dealkylation sites (tertiary alicyclic amines) is 1. The second-order valence-electron chi connectivity index (χ2n) is 6.76. The number of hydrogen-bond acceptors (Lipinski definition) is 3. The molecule has 0 spiro atoms. The van der Waals surface area contributed by atoms with E-state index in [9.17, 15) is 13.2 Å². The molecule has 0 N–H and O–H groups in total. The van der Waals surface area contributed by atoms with Gasteiger partial charge in [-0.25, -0.2) is 0 Å². The van der Waals surface area contributed by atoms with Crippen molar-refractivity contribution in [3.63, 3.8) is 0 Å². The number of hydrogen-bond donors (Lipinski definition) is 0. The van der Waals surface area contributed by atoms with Crippen LogP contribution >= 0.6 is 11.6 Å². The summed E-state index contributed by atoms with van der Waals surface area (Å²) in [7, 11) is 1.99. The molecule has 1 fully saturated rings. The number of benzene rings is 2. The fourth-order valence-electron chi connectivity index (χ4n) is 3.45. The Morgan fingerprint density at radius 1 is 1.26 bits per heavy atom. The van der Waals surface area contributed by atoms with E-state index in [1.807, 2.05) is 30.1 Å². The third-order valence-electron chi connectivity index (χ3n) is 4.87. The van der Waals surface area contributed by atoms with Gasteiger partial charge >= 0.3 is 6.18 Å². The van der Waals surface area contributed by atoms with Crippen molar-refractivity contribution in [2.75, 3.05) is 25.0 Å². The third kappa shape index (κ3) is 4.37. The molecule has 3 rings (SSSR count). The van der Waals surface area contributed by atoms with Crippen LogP contribution < -0.4 is 4.90 Å². The molecule has 1 aliphatic rings. The minimum absolute atomic E-state index is 0.0697. The van der Waals surface area contributed by atoms with Gasteiger partial charge in [0.15, 0.2) is 0 Å². The van der Waals surface area contributed by atoms with E-state index < -0.39 is 11.7 Å². The summed E-state index contributed by atoms with van der Waals surface area (Å²) in [5.41, 5.74) is 0.0266. The van der Waals surface area contributed by atoms with Crippen molar-refractivity contribution < 1.29 is 13.2 Å². The lowest BCUT2D eigenvalue weighted by atomic mass is 10.0. The normalized spacial score (nSPS) is 17.7. The van der Waals surface area contributed by atoms with Gasteiger partial charge in [-0.3, -0.25) is 0 Å². The quantitative estimate of drug-likeness (QED) is 0.737. The SMILES string of the molecule is CN1CC[C@H](N(Cc2ccccc2Cl)c2ccc(C#N)c(C(F)(F)F)c2)C1. The molecule has 0 aliphatic carbocycles. The Morgan fingerprint density at radius 2 is 2.00 bits per heavy atom. The van der Waals surface area contributed by atoms with Crippen LogP contribution in [0.25, 0.3) is 0 Å². The number of nitriles is 1. The van der Waals surface area contributed by atoms with E-state index in [4.69, 9.17) is 16.9 Å². The number of rotatable bonds is 4.